The van der Waals surface area contributed by atoms with E-state index < -0.39 is 0 Å². The normalized spacial score (nSPS) is 27.5. The van der Waals surface area contributed by atoms with E-state index in [2.05, 4.69) is 40.0 Å². The average Bonchev–Trinajstić information content (AvgIpc) is 2.68. The van der Waals surface area contributed by atoms with Crippen molar-refractivity contribution >= 4 is 11.8 Å². The molecular weight excluding hydrogens is 326 g/mol. The lowest BCUT2D eigenvalue weighted by Crippen LogP contribution is -2.53. The van der Waals surface area contributed by atoms with Crippen LogP contribution in [0.3, 0.4) is 0 Å². The highest BCUT2D eigenvalue weighted by atomic mass is 16.3. The molecule has 1 aromatic rings. The molecule has 6 heteroatoms. The molecule has 0 bridgehead atoms. The Bertz CT molecular complexity index is 585. The van der Waals surface area contributed by atoms with Gasteiger partial charge in [-0.3, -0.25) is 4.99 Å². The first kappa shape index (κ1) is 19.0. The predicted octanol–water partition coefficient (Wildman–Crippen LogP) is 2.11. The molecule has 2 atom stereocenters. The van der Waals surface area contributed by atoms with Crippen molar-refractivity contribution in [1.29, 1.82) is 0 Å². The van der Waals surface area contributed by atoms with E-state index in [4.69, 9.17) is 4.99 Å². The second kappa shape index (κ2) is 8.71. The first-order valence-corrected chi connectivity index (χ1v) is 10.00. The van der Waals surface area contributed by atoms with Crippen LogP contribution in [0.4, 0.5) is 5.82 Å². The maximum atomic E-state index is 10.4. The lowest BCUT2D eigenvalue weighted by molar-refractivity contribution is 0.00703. The van der Waals surface area contributed by atoms with Crippen LogP contribution < -0.4 is 10.2 Å². The second-order valence-electron chi connectivity index (χ2n) is 7.75. The van der Waals surface area contributed by atoms with Crippen LogP contribution >= 0.6 is 0 Å². The highest BCUT2D eigenvalue weighted by molar-refractivity contribution is 5.80. The van der Waals surface area contributed by atoms with Crippen molar-refractivity contribution in [2.45, 2.75) is 45.6 Å². The number of aliphatic hydroxyl groups is 1. The van der Waals surface area contributed by atoms with E-state index in [1.54, 1.807) is 0 Å². The first-order valence-electron chi connectivity index (χ1n) is 10.00. The molecule has 0 spiro atoms. The Labute approximate surface area is 157 Å². The van der Waals surface area contributed by atoms with Gasteiger partial charge in [-0.25, -0.2) is 4.98 Å². The molecule has 0 radical (unpaired) electrons. The molecule has 2 fully saturated rings. The maximum Gasteiger partial charge on any atom is 0.194 e. The largest absolute Gasteiger partial charge is 0.392 e. The molecular formula is C20H33N5O. The van der Waals surface area contributed by atoms with Crippen LogP contribution in [-0.4, -0.2) is 66.3 Å². The number of aliphatic hydroxyl groups excluding tert-OH is 1. The molecule has 2 aliphatic rings. The Balaban J connectivity index is 1.61. The van der Waals surface area contributed by atoms with Crippen LogP contribution in [0.15, 0.2) is 29.4 Å². The van der Waals surface area contributed by atoms with Gasteiger partial charge >= 0.3 is 0 Å². The van der Waals surface area contributed by atoms with E-state index in [0.717, 1.165) is 63.8 Å². The smallest absolute Gasteiger partial charge is 0.194 e. The van der Waals surface area contributed by atoms with Crippen molar-refractivity contribution in [3.05, 3.63) is 24.4 Å². The maximum absolute atomic E-state index is 10.4. The number of anilines is 1. The molecule has 1 saturated heterocycles. The number of hydrogen-bond acceptors (Lipinski definition) is 4. The number of nitrogens with zero attached hydrogens (tertiary/aromatic N) is 4. The number of piperazine rings is 1. The van der Waals surface area contributed by atoms with Crippen LogP contribution in [0.2, 0.25) is 0 Å². The molecule has 2 heterocycles. The number of pyridine rings is 1. The fraction of sp³-hybridized carbons (Fsp3) is 0.700. The summed E-state index contributed by atoms with van der Waals surface area (Å²) in [6.07, 6.45) is 5.92. The topological polar surface area (TPSA) is 64.0 Å². The van der Waals surface area contributed by atoms with Gasteiger partial charge in [-0.1, -0.05) is 25.8 Å². The number of aromatic nitrogens is 1. The van der Waals surface area contributed by atoms with Gasteiger partial charge in [0.15, 0.2) is 5.96 Å². The number of aliphatic imine (C=N–C) groups is 1. The zero-order valence-corrected chi connectivity index (χ0v) is 16.2. The van der Waals surface area contributed by atoms with Crippen molar-refractivity contribution in [1.82, 2.24) is 15.2 Å². The summed E-state index contributed by atoms with van der Waals surface area (Å²) in [5, 5.41) is 13.9. The van der Waals surface area contributed by atoms with Crippen LogP contribution in [0.25, 0.3) is 0 Å². The molecule has 1 saturated carbocycles. The number of nitrogens with one attached hydrogen (secondary N) is 1. The number of hydrogen-bond donors (Lipinski definition) is 2. The van der Waals surface area contributed by atoms with Gasteiger partial charge in [0.05, 0.1) is 12.6 Å². The van der Waals surface area contributed by atoms with Crippen LogP contribution in [0, 0.1) is 5.41 Å². The minimum absolute atomic E-state index is 0.0886. The van der Waals surface area contributed by atoms with E-state index in [0.29, 0.717) is 6.54 Å². The third-order valence-electron chi connectivity index (χ3n) is 5.76. The summed E-state index contributed by atoms with van der Waals surface area (Å²) in [6.45, 7) is 9.60. The molecule has 6 nitrogen and oxygen atoms in total. The molecule has 2 unspecified atom stereocenters. The van der Waals surface area contributed by atoms with E-state index in [1.165, 1.54) is 6.42 Å². The molecule has 0 aromatic carbocycles. The van der Waals surface area contributed by atoms with E-state index in [1.807, 2.05) is 18.3 Å². The highest BCUT2D eigenvalue weighted by Gasteiger charge is 2.35. The van der Waals surface area contributed by atoms with Crippen LogP contribution in [-0.2, 0) is 0 Å². The van der Waals surface area contributed by atoms with E-state index in [9.17, 15) is 5.11 Å². The van der Waals surface area contributed by atoms with Crippen LogP contribution in [0.1, 0.15) is 39.5 Å². The van der Waals surface area contributed by atoms with Gasteiger partial charge in [0.2, 0.25) is 0 Å². The molecule has 144 valence electrons. The number of rotatable bonds is 4. The summed E-state index contributed by atoms with van der Waals surface area (Å²) in [6, 6.07) is 6.06. The summed E-state index contributed by atoms with van der Waals surface area (Å²) in [5.41, 5.74) is -0.0886. The standard InChI is InChI=1S/C20H33N5O/c1-3-21-19(23-16-20(2)10-6-4-8-17(20)26)25-14-12-24(13-15-25)18-9-5-7-11-22-18/h5,7,9,11,17,26H,3-4,6,8,10,12-16H2,1-2H3,(H,21,23). The molecule has 1 aromatic heterocycles. The monoisotopic (exact) mass is 359 g/mol. The third kappa shape index (κ3) is 4.47. The molecule has 1 aliphatic heterocycles. The Morgan fingerprint density at radius 3 is 2.77 bits per heavy atom. The molecule has 26 heavy (non-hydrogen) atoms. The van der Waals surface area contributed by atoms with Gasteiger partial charge < -0.3 is 20.2 Å². The van der Waals surface area contributed by atoms with E-state index >= 15 is 0 Å². The van der Waals surface area contributed by atoms with Gasteiger partial charge in [-0.2, -0.15) is 0 Å². The average molecular weight is 360 g/mol. The molecule has 3 rings (SSSR count). The lowest BCUT2D eigenvalue weighted by atomic mass is 9.73. The van der Waals surface area contributed by atoms with E-state index in [-0.39, 0.29) is 11.5 Å². The minimum Gasteiger partial charge on any atom is -0.392 e. The van der Waals surface area contributed by atoms with Crippen molar-refractivity contribution in [3.63, 3.8) is 0 Å². The molecule has 0 amide bonds. The highest BCUT2D eigenvalue weighted by Crippen LogP contribution is 2.36. The Morgan fingerprint density at radius 1 is 1.31 bits per heavy atom. The van der Waals surface area contributed by atoms with Crippen molar-refractivity contribution < 1.29 is 5.11 Å². The van der Waals surface area contributed by atoms with Gasteiger partial charge in [0.25, 0.3) is 0 Å². The molecule has 2 N–H and O–H groups in total. The zero-order valence-electron chi connectivity index (χ0n) is 16.2. The Morgan fingerprint density at radius 2 is 2.12 bits per heavy atom. The summed E-state index contributed by atoms with van der Waals surface area (Å²) >= 11 is 0. The predicted molar refractivity (Wildman–Crippen MR) is 107 cm³/mol. The first-order chi connectivity index (χ1) is 12.6. The Kier molecular flexibility index (Phi) is 6.35. The fourth-order valence-electron chi connectivity index (χ4n) is 3.94. The van der Waals surface area contributed by atoms with Gasteiger partial charge in [-0.15, -0.1) is 0 Å². The van der Waals surface area contributed by atoms with Gasteiger partial charge in [0.1, 0.15) is 5.82 Å². The molecule has 1 aliphatic carbocycles. The third-order valence-corrected chi connectivity index (χ3v) is 5.76. The summed E-state index contributed by atoms with van der Waals surface area (Å²) in [4.78, 5) is 14.0. The van der Waals surface area contributed by atoms with Crippen molar-refractivity contribution in [2.24, 2.45) is 10.4 Å². The summed E-state index contributed by atoms with van der Waals surface area (Å²) < 4.78 is 0. The zero-order chi connectivity index (χ0) is 18.4. The Hall–Kier alpha value is -1.82. The van der Waals surface area contributed by atoms with Gasteiger partial charge in [0, 0.05) is 44.3 Å². The van der Waals surface area contributed by atoms with Gasteiger partial charge in [-0.05, 0) is 31.9 Å². The van der Waals surface area contributed by atoms with Crippen molar-refractivity contribution in [2.75, 3.05) is 44.2 Å². The van der Waals surface area contributed by atoms with Crippen molar-refractivity contribution in [3.8, 4) is 0 Å². The fourth-order valence-corrected chi connectivity index (χ4v) is 3.94. The summed E-state index contributed by atoms with van der Waals surface area (Å²) in [7, 11) is 0. The summed E-state index contributed by atoms with van der Waals surface area (Å²) in [5.74, 6) is 2.03. The second-order valence-corrected chi connectivity index (χ2v) is 7.75. The van der Waals surface area contributed by atoms with Crippen LogP contribution in [0.5, 0.6) is 0 Å². The minimum atomic E-state index is -0.233. The quantitative estimate of drug-likeness (QED) is 0.637. The lowest BCUT2D eigenvalue weighted by Gasteiger charge is -2.39. The number of guanidine groups is 1. The SMILES string of the molecule is CCNC(=NCC1(C)CCCCC1O)N1CCN(c2ccccn2)CC1.